The number of hydrogen-bond donors (Lipinski definition) is 2. The molecule has 19 heavy (non-hydrogen) atoms. The Morgan fingerprint density at radius 2 is 1.95 bits per heavy atom. The fourth-order valence-electron chi connectivity index (χ4n) is 1.71. The number of para-hydroxylation sites is 1. The van der Waals surface area contributed by atoms with Crippen LogP contribution >= 0.6 is 0 Å². The summed E-state index contributed by atoms with van der Waals surface area (Å²) in [6, 6.07) is 7.75. The molecule has 2 rings (SSSR count). The summed E-state index contributed by atoms with van der Waals surface area (Å²) in [6.45, 7) is 0.550. The van der Waals surface area contributed by atoms with Gasteiger partial charge in [-0.15, -0.1) is 0 Å². The van der Waals surface area contributed by atoms with E-state index in [2.05, 4.69) is 15.3 Å². The lowest BCUT2D eigenvalue weighted by molar-refractivity contribution is 0.399. The van der Waals surface area contributed by atoms with E-state index in [1.54, 1.807) is 7.11 Å². The predicted molar refractivity (Wildman–Crippen MR) is 73.3 cm³/mol. The number of hydrogen-bond acceptors (Lipinski definition) is 6. The average Bonchev–Trinajstić information content (AvgIpc) is 2.46. The van der Waals surface area contributed by atoms with Crippen molar-refractivity contribution in [2.45, 2.75) is 6.54 Å². The molecule has 6 nitrogen and oxygen atoms in total. The van der Waals surface area contributed by atoms with Crippen molar-refractivity contribution >= 4 is 11.5 Å². The lowest BCUT2D eigenvalue weighted by atomic mass is 10.2. The zero-order chi connectivity index (χ0) is 13.7. The van der Waals surface area contributed by atoms with Crippen LogP contribution in [0.15, 0.2) is 30.6 Å². The van der Waals surface area contributed by atoms with Gasteiger partial charge in [0.1, 0.15) is 17.8 Å². The number of aromatic nitrogens is 2. The van der Waals surface area contributed by atoms with Crippen LogP contribution in [-0.2, 0) is 6.54 Å². The van der Waals surface area contributed by atoms with E-state index in [4.69, 9.17) is 15.2 Å². The first-order chi connectivity index (χ1) is 9.26. The van der Waals surface area contributed by atoms with Gasteiger partial charge in [0.2, 0.25) is 5.88 Å². The number of benzene rings is 1. The van der Waals surface area contributed by atoms with E-state index in [0.717, 1.165) is 11.3 Å². The molecule has 1 aromatic heterocycles. The second kappa shape index (κ2) is 5.90. The molecule has 0 spiro atoms. The minimum absolute atomic E-state index is 0.359. The summed E-state index contributed by atoms with van der Waals surface area (Å²) in [5.41, 5.74) is 7.29. The Labute approximate surface area is 111 Å². The number of nitrogen functional groups attached to an aromatic ring is 1. The Morgan fingerprint density at radius 3 is 2.68 bits per heavy atom. The van der Waals surface area contributed by atoms with Gasteiger partial charge in [-0.05, 0) is 6.07 Å². The molecule has 0 aliphatic rings. The van der Waals surface area contributed by atoms with Gasteiger partial charge < -0.3 is 20.5 Å². The van der Waals surface area contributed by atoms with Crippen molar-refractivity contribution in [2.75, 3.05) is 25.3 Å². The Bertz CT molecular complexity index is 560. The topological polar surface area (TPSA) is 82.3 Å². The van der Waals surface area contributed by atoms with Crippen molar-refractivity contribution in [3.63, 3.8) is 0 Å². The van der Waals surface area contributed by atoms with Crippen LogP contribution in [0.3, 0.4) is 0 Å². The zero-order valence-corrected chi connectivity index (χ0v) is 10.9. The monoisotopic (exact) mass is 260 g/mol. The molecule has 0 atom stereocenters. The van der Waals surface area contributed by atoms with Crippen molar-refractivity contribution < 1.29 is 9.47 Å². The van der Waals surface area contributed by atoms with Gasteiger partial charge in [0.05, 0.1) is 14.2 Å². The summed E-state index contributed by atoms with van der Waals surface area (Å²) in [4.78, 5) is 8.01. The summed E-state index contributed by atoms with van der Waals surface area (Å²) in [5, 5.41) is 3.14. The summed E-state index contributed by atoms with van der Waals surface area (Å²) < 4.78 is 10.3. The number of nitrogens with zero attached hydrogens (tertiary/aromatic N) is 2. The molecule has 0 aliphatic heterocycles. The number of nitrogens with one attached hydrogen (secondary N) is 1. The number of rotatable bonds is 5. The van der Waals surface area contributed by atoms with Crippen molar-refractivity contribution in [3.05, 3.63) is 36.2 Å². The van der Waals surface area contributed by atoms with Crippen LogP contribution in [0.4, 0.5) is 11.5 Å². The average molecular weight is 260 g/mol. The highest BCUT2D eigenvalue weighted by molar-refractivity contribution is 5.66. The van der Waals surface area contributed by atoms with Gasteiger partial charge in [0, 0.05) is 12.1 Å². The molecule has 0 bridgehead atoms. The molecule has 1 heterocycles. The van der Waals surface area contributed by atoms with Gasteiger partial charge in [-0.25, -0.2) is 4.98 Å². The Morgan fingerprint density at radius 1 is 1.16 bits per heavy atom. The van der Waals surface area contributed by atoms with Crippen molar-refractivity contribution in [2.24, 2.45) is 0 Å². The molecular weight excluding hydrogens is 244 g/mol. The quantitative estimate of drug-likeness (QED) is 0.851. The predicted octanol–water partition coefficient (Wildman–Crippen LogP) is 1.69. The van der Waals surface area contributed by atoms with Crippen molar-refractivity contribution in [3.8, 4) is 11.6 Å². The summed E-state index contributed by atoms with van der Waals surface area (Å²) in [7, 11) is 3.16. The summed E-state index contributed by atoms with van der Waals surface area (Å²) in [5.74, 6) is 1.71. The fraction of sp³-hybridized carbons (Fsp3) is 0.231. The van der Waals surface area contributed by atoms with E-state index in [9.17, 15) is 0 Å². The first kappa shape index (κ1) is 12.9. The lowest BCUT2D eigenvalue weighted by Gasteiger charge is -2.12. The van der Waals surface area contributed by atoms with E-state index >= 15 is 0 Å². The van der Waals surface area contributed by atoms with Crippen molar-refractivity contribution in [1.82, 2.24) is 9.97 Å². The van der Waals surface area contributed by atoms with E-state index in [1.807, 2.05) is 24.3 Å². The zero-order valence-electron chi connectivity index (χ0n) is 10.9. The van der Waals surface area contributed by atoms with Crippen LogP contribution in [0.25, 0.3) is 0 Å². The van der Waals surface area contributed by atoms with Gasteiger partial charge >= 0.3 is 0 Å². The SMILES string of the molecule is COc1ccccc1CNc1ncnc(OC)c1N. The minimum atomic E-state index is 0.359. The van der Waals surface area contributed by atoms with E-state index < -0.39 is 0 Å². The Hall–Kier alpha value is -2.50. The molecule has 0 aliphatic carbocycles. The maximum atomic E-state index is 5.88. The second-order valence-electron chi connectivity index (χ2n) is 3.81. The normalized spacial score (nSPS) is 10.0. The number of nitrogens with two attached hydrogens (primary N) is 1. The Kier molecular flexibility index (Phi) is 4.02. The van der Waals surface area contributed by atoms with E-state index in [0.29, 0.717) is 23.9 Å². The number of methoxy groups -OCH3 is 2. The first-order valence-corrected chi connectivity index (χ1v) is 5.76. The third-order valence-corrected chi connectivity index (χ3v) is 2.68. The van der Waals surface area contributed by atoms with Crippen LogP contribution in [-0.4, -0.2) is 24.2 Å². The van der Waals surface area contributed by atoms with Crippen LogP contribution in [0.2, 0.25) is 0 Å². The van der Waals surface area contributed by atoms with Crippen LogP contribution < -0.4 is 20.5 Å². The molecule has 0 saturated heterocycles. The number of ether oxygens (including phenoxy) is 2. The summed E-state index contributed by atoms with van der Waals surface area (Å²) in [6.07, 6.45) is 1.40. The molecule has 0 fully saturated rings. The van der Waals surface area contributed by atoms with Crippen LogP contribution in [0.5, 0.6) is 11.6 Å². The Balaban J connectivity index is 2.15. The largest absolute Gasteiger partial charge is 0.496 e. The molecule has 1 aromatic carbocycles. The fourth-order valence-corrected chi connectivity index (χ4v) is 1.71. The third kappa shape index (κ3) is 2.85. The highest BCUT2D eigenvalue weighted by atomic mass is 16.5. The van der Waals surface area contributed by atoms with Gasteiger partial charge in [-0.3, -0.25) is 0 Å². The molecular formula is C13H16N4O2. The minimum Gasteiger partial charge on any atom is -0.496 e. The second-order valence-corrected chi connectivity index (χ2v) is 3.81. The maximum Gasteiger partial charge on any atom is 0.242 e. The summed E-state index contributed by atoms with van der Waals surface area (Å²) >= 11 is 0. The van der Waals surface area contributed by atoms with E-state index in [1.165, 1.54) is 13.4 Å². The third-order valence-electron chi connectivity index (χ3n) is 2.68. The number of anilines is 2. The molecule has 0 saturated carbocycles. The molecule has 100 valence electrons. The van der Waals surface area contributed by atoms with Gasteiger partial charge in [-0.1, -0.05) is 18.2 Å². The highest BCUT2D eigenvalue weighted by Gasteiger charge is 2.08. The lowest BCUT2D eigenvalue weighted by Crippen LogP contribution is -2.07. The highest BCUT2D eigenvalue weighted by Crippen LogP contribution is 2.25. The molecule has 0 radical (unpaired) electrons. The van der Waals surface area contributed by atoms with Gasteiger partial charge in [-0.2, -0.15) is 4.98 Å². The maximum absolute atomic E-state index is 5.88. The molecule has 3 N–H and O–H groups in total. The smallest absolute Gasteiger partial charge is 0.242 e. The first-order valence-electron chi connectivity index (χ1n) is 5.76. The molecule has 0 amide bonds. The van der Waals surface area contributed by atoms with Crippen LogP contribution in [0, 0.1) is 0 Å². The van der Waals surface area contributed by atoms with Crippen molar-refractivity contribution in [1.29, 1.82) is 0 Å². The molecule has 2 aromatic rings. The molecule has 0 unspecified atom stereocenters. The van der Waals surface area contributed by atoms with E-state index in [-0.39, 0.29) is 0 Å². The molecule has 6 heteroatoms. The van der Waals surface area contributed by atoms with Gasteiger partial charge in [0.15, 0.2) is 5.82 Å². The standard InChI is InChI=1S/C13H16N4O2/c1-18-10-6-4-3-5-9(10)7-15-12-11(14)13(19-2)17-8-16-12/h3-6,8H,7,14H2,1-2H3,(H,15,16,17). The van der Waals surface area contributed by atoms with Crippen LogP contribution in [0.1, 0.15) is 5.56 Å². The van der Waals surface area contributed by atoms with Gasteiger partial charge in [0.25, 0.3) is 0 Å².